The molecule has 172 valence electrons. The zero-order valence-corrected chi connectivity index (χ0v) is 18.6. The van der Waals surface area contributed by atoms with Crippen molar-refractivity contribution >= 4 is 29.0 Å². The lowest BCUT2D eigenvalue weighted by Gasteiger charge is -2.09. The molecule has 0 saturated heterocycles. The van der Waals surface area contributed by atoms with Crippen LogP contribution in [0, 0.1) is 13.8 Å². The van der Waals surface area contributed by atoms with E-state index >= 15 is 0 Å². The summed E-state index contributed by atoms with van der Waals surface area (Å²) in [6.45, 7) is 3.27. The predicted octanol–water partition coefficient (Wildman–Crippen LogP) is 3.69. The normalized spacial score (nSPS) is 10.6. The Morgan fingerprint density at radius 2 is 1.74 bits per heavy atom. The molecule has 0 unspecified atom stereocenters. The SMILES string of the molecule is Cc1ccc(-c2cc(C(=O)OCC(=O)NC(=O)NCc3ccccc3)c3c(C)noc3n2)cc1. The lowest BCUT2D eigenvalue weighted by atomic mass is 10.0. The number of hydrogen-bond acceptors (Lipinski definition) is 7. The number of pyridine rings is 1. The number of esters is 1. The minimum absolute atomic E-state index is 0.167. The van der Waals surface area contributed by atoms with Gasteiger partial charge in [-0.25, -0.2) is 14.6 Å². The summed E-state index contributed by atoms with van der Waals surface area (Å²) in [5.41, 5.74) is 4.07. The fraction of sp³-hybridized carbons (Fsp3) is 0.160. The van der Waals surface area contributed by atoms with E-state index in [2.05, 4.69) is 20.8 Å². The smallest absolute Gasteiger partial charge is 0.339 e. The van der Waals surface area contributed by atoms with E-state index in [9.17, 15) is 14.4 Å². The maximum atomic E-state index is 12.8. The molecule has 2 aromatic carbocycles. The van der Waals surface area contributed by atoms with E-state index in [1.165, 1.54) is 0 Å². The van der Waals surface area contributed by atoms with Gasteiger partial charge in [-0.2, -0.15) is 0 Å². The van der Waals surface area contributed by atoms with Gasteiger partial charge in [0.1, 0.15) is 0 Å². The van der Waals surface area contributed by atoms with Crippen molar-refractivity contribution in [1.29, 1.82) is 0 Å². The molecular formula is C25H22N4O5. The van der Waals surface area contributed by atoms with Crippen LogP contribution in [-0.4, -0.2) is 34.7 Å². The molecule has 0 radical (unpaired) electrons. The number of amides is 3. The Morgan fingerprint density at radius 1 is 1.00 bits per heavy atom. The van der Waals surface area contributed by atoms with Gasteiger partial charge in [-0.3, -0.25) is 10.1 Å². The molecule has 0 aliphatic rings. The number of ether oxygens (including phenoxy) is 1. The fourth-order valence-electron chi connectivity index (χ4n) is 3.32. The summed E-state index contributed by atoms with van der Waals surface area (Å²) >= 11 is 0. The summed E-state index contributed by atoms with van der Waals surface area (Å²) in [4.78, 5) is 41.3. The Bertz CT molecular complexity index is 1350. The van der Waals surface area contributed by atoms with Gasteiger partial charge in [0.15, 0.2) is 6.61 Å². The largest absolute Gasteiger partial charge is 0.452 e. The quantitative estimate of drug-likeness (QED) is 0.422. The molecule has 0 saturated carbocycles. The van der Waals surface area contributed by atoms with E-state index in [0.717, 1.165) is 16.7 Å². The molecule has 0 aliphatic heterocycles. The van der Waals surface area contributed by atoms with Gasteiger partial charge in [-0.15, -0.1) is 0 Å². The molecule has 0 aliphatic carbocycles. The molecule has 3 amide bonds. The second-order valence-electron chi connectivity index (χ2n) is 7.66. The van der Waals surface area contributed by atoms with Gasteiger partial charge < -0.3 is 14.6 Å². The highest BCUT2D eigenvalue weighted by molar-refractivity contribution is 6.05. The van der Waals surface area contributed by atoms with Gasteiger partial charge in [0.25, 0.3) is 11.6 Å². The van der Waals surface area contributed by atoms with E-state index in [0.29, 0.717) is 16.8 Å². The van der Waals surface area contributed by atoms with Gasteiger partial charge in [0.05, 0.1) is 22.3 Å². The Hall–Kier alpha value is -4.53. The van der Waals surface area contributed by atoms with Crippen LogP contribution < -0.4 is 10.6 Å². The first kappa shape index (κ1) is 22.7. The number of hydrogen-bond donors (Lipinski definition) is 2. The van der Waals surface area contributed by atoms with Crippen molar-refractivity contribution in [3.63, 3.8) is 0 Å². The molecule has 0 spiro atoms. The summed E-state index contributed by atoms with van der Waals surface area (Å²) < 4.78 is 10.4. The van der Waals surface area contributed by atoms with E-state index in [1.807, 2.05) is 61.5 Å². The van der Waals surface area contributed by atoms with Crippen LogP contribution in [0.15, 0.2) is 65.2 Å². The van der Waals surface area contributed by atoms with Crippen molar-refractivity contribution in [2.45, 2.75) is 20.4 Å². The third-order valence-corrected chi connectivity index (χ3v) is 5.07. The number of aryl methyl sites for hydroxylation is 2. The summed E-state index contributed by atoms with van der Waals surface area (Å²) in [5, 5.41) is 9.00. The summed E-state index contributed by atoms with van der Waals surface area (Å²) in [6, 6.07) is 17.7. The van der Waals surface area contributed by atoms with Crippen LogP contribution in [-0.2, 0) is 16.1 Å². The van der Waals surface area contributed by atoms with Crippen molar-refractivity contribution in [2.24, 2.45) is 0 Å². The highest BCUT2D eigenvalue weighted by Crippen LogP contribution is 2.27. The van der Waals surface area contributed by atoms with Crippen molar-refractivity contribution in [3.05, 3.63) is 83.0 Å². The monoisotopic (exact) mass is 458 g/mol. The van der Waals surface area contributed by atoms with Gasteiger partial charge in [-0.05, 0) is 25.5 Å². The lowest BCUT2D eigenvalue weighted by Crippen LogP contribution is -2.41. The number of carbonyl (C=O) groups excluding carboxylic acids is 3. The first-order valence-electron chi connectivity index (χ1n) is 10.5. The minimum Gasteiger partial charge on any atom is -0.452 e. The topological polar surface area (TPSA) is 123 Å². The molecule has 0 bridgehead atoms. The van der Waals surface area contributed by atoms with Crippen molar-refractivity contribution in [1.82, 2.24) is 20.8 Å². The van der Waals surface area contributed by atoms with Gasteiger partial charge in [0, 0.05) is 12.1 Å². The Kier molecular flexibility index (Phi) is 6.63. The van der Waals surface area contributed by atoms with Crippen molar-refractivity contribution in [2.75, 3.05) is 6.61 Å². The minimum atomic E-state index is -0.759. The molecule has 2 aromatic heterocycles. The number of carbonyl (C=O) groups is 3. The van der Waals surface area contributed by atoms with Crippen molar-refractivity contribution < 1.29 is 23.6 Å². The zero-order valence-electron chi connectivity index (χ0n) is 18.6. The third kappa shape index (κ3) is 5.26. The van der Waals surface area contributed by atoms with Gasteiger partial charge in [-0.1, -0.05) is 65.3 Å². The maximum absolute atomic E-state index is 12.8. The Labute approximate surface area is 195 Å². The molecule has 9 heteroatoms. The van der Waals surface area contributed by atoms with Crippen LogP contribution in [0.4, 0.5) is 4.79 Å². The van der Waals surface area contributed by atoms with E-state index < -0.39 is 24.5 Å². The number of aromatic nitrogens is 2. The average molecular weight is 458 g/mol. The molecule has 4 rings (SSSR count). The van der Waals surface area contributed by atoms with Crippen LogP contribution in [0.2, 0.25) is 0 Å². The van der Waals surface area contributed by atoms with Gasteiger partial charge >= 0.3 is 12.0 Å². The van der Waals surface area contributed by atoms with Gasteiger partial charge in [0.2, 0.25) is 0 Å². The number of urea groups is 1. The number of rotatable bonds is 6. The molecule has 2 N–H and O–H groups in total. The maximum Gasteiger partial charge on any atom is 0.339 e. The molecular weight excluding hydrogens is 436 g/mol. The van der Waals surface area contributed by atoms with Crippen LogP contribution in [0.5, 0.6) is 0 Å². The predicted molar refractivity (Wildman–Crippen MR) is 124 cm³/mol. The lowest BCUT2D eigenvalue weighted by molar-refractivity contribution is -0.123. The van der Waals surface area contributed by atoms with E-state index in [1.54, 1.807) is 13.0 Å². The number of benzene rings is 2. The second kappa shape index (κ2) is 9.95. The second-order valence-corrected chi connectivity index (χ2v) is 7.66. The number of imide groups is 1. The molecule has 2 heterocycles. The molecule has 0 atom stereocenters. The van der Waals surface area contributed by atoms with Crippen LogP contribution in [0.3, 0.4) is 0 Å². The molecule has 9 nitrogen and oxygen atoms in total. The summed E-state index contributed by atoms with van der Waals surface area (Å²) in [5.74, 6) is -1.52. The Morgan fingerprint density at radius 3 is 2.47 bits per heavy atom. The van der Waals surface area contributed by atoms with E-state index in [-0.39, 0.29) is 17.8 Å². The number of nitrogens with one attached hydrogen (secondary N) is 2. The van der Waals surface area contributed by atoms with Crippen LogP contribution >= 0.6 is 0 Å². The zero-order chi connectivity index (χ0) is 24.1. The van der Waals surface area contributed by atoms with E-state index in [4.69, 9.17) is 9.26 Å². The average Bonchev–Trinajstić information content (AvgIpc) is 3.22. The summed E-state index contributed by atoms with van der Waals surface area (Å²) in [7, 11) is 0. The molecule has 34 heavy (non-hydrogen) atoms. The van der Waals surface area contributed by atoms with Crippen molar-refractivity contribution in [3.8, 4) is 11.3 Å². The fourth-order valence-corrected chi connectivity index (χ4v) is 3.32. The summed E-state index contributed by atoms with van der Waals surface area (Å²) in [6.07, 6.45) is 0. The molecule has 4 aromatic rings. The van der Waals surface area contributed by atoms with Crippen LogP contribution in [0.25, 0.3) is 22.4 Å². The first-order chi connectivity index (χ1) is 16.4. The number of nitrogens with zero attached hydrogens (tertiary/aromatic N) is 2. The number of fused-ring (bicyclic) bond motifs is 1. The van der Waals surface area contributed by atoms with Crippen LogP contribution in [0.1, 0.15) is 27.2 Å². The Balaban J connectivity index is 1.43. The highest BCUT2D eigenvalue weighted by Gasteiger charge is 2.21. The first-order valence-corrected chi connectivity index (χ1v) is 10.5. The third-order valence-electron chi connectivity index (χ3n) is 5.07. The molecule has 0 fully saturated rings. The highest BCUT2D eigenvalue weighted by atomic mass is 16.5. The standard InChI is InChI=1S/C25H22N4O5/c1-15-8-10-18(11-9-15)20-12-19(22-16(2)29-34-23(22)27-20)24(31)33-14-21(30)28-25(32)26-13-17-6-4-3-5-7-17/h3-12H,13-14H2,1-2H3,(H2,26,28,30,32).